The molecule has 0 bridgehead atoms. The predicted octanol–water partition coefficient (Wildman–Crippen LogP) is 2.82. The van der Waals surface area contributed by atoms with Crippen molar-refractivity contribution in [2.75, 3.05) is 54.1 Å². The minimum atomic E-state index is -0.445. The predicted molar refractivity (Wildman–Crippen MR) is 130 cm³/mol. The van der Waals surface area contributed by atoms with Gasteiger partial charge in [-0.3, -0.25) is 14.4 Å². The van der Waals surface area contributed by atoms with Crippen LogP contribution in [0.1, 0.15) is 61.4 Å². The molecule has 34 heavy (non-hydrogen) atoms. The molecule has 0 radical (unpaired) electrons. The number of aromatic nitrogens is 2. The number of hydrogen-bond donors (Lipinski definition) is 1. The van der Waals surface area contributed by atoms with Crippen LogP contribution in [0.2, 0.25) is 0 Å². The van der Waals surface area contributed by atoms with Crippen LogP contribution in [0.4, 0.5) is 4.39 Å². The summed E-state index contributed by atoms with van der Waals surface area (Å²) in [6.07, 6.45) is 4.38. The van der Waals surface area contributed by atoms with Gasteiger partial charge in [-0.05, 0) is 38.6 Å². The van der Waals surface area contributed by atoms with Crippen molar-refractivity contribution in [2.24, 2.45) is 11.1 Å². The molecule has 0 aromatic carbocycles. The molecule has 2 heterocycles. The number of amides is 1. The number of nitrogens with zero attached hydrogens (tertiary/aromatic N) is 4. The Balaban J connectivity index is 1.84. The summed E-state index contributed by atoms with van der Waals surface area (Å²) in [7, 11) is 5.58. The number of hydrogen-bond acceptors (Lipinski definition) is 6. The zero-order chi connectivity index (χ0) is 24.7. The molecule has 1 amide bonds. The first kappa shape index (κ1) is 26.8. The summed E-state index contributed by atoms with van der Waals surface area (Å²) in [6.45, 7) is 8.61. The second-order valence-electron chi connectivity index (χ2n) is 10.0. The van der Waals surface area contributed by atoms with Crippen LogP contribution in [0.15, 0.2) is 12.4 Å². The third-order valence-electron chi connectivity index (χ3n) is 7.35. The summed E-state index contributed by atoms with van der Waals surface area (Å²) in [6, 6.07) is 0. The molecule has 1 saturated carbocycles. The highest BCUT2D eigenvalue weighted by molar-refractivity contribution is 5.76. The highest BCUT2D eigenvalue weighted by Gasteiger charge is 2.39. The number of fused-ring (bicyclic) bond motifs is 1. The summed E-state index contributed by atoms with van der Waals surface area (Å²) >= 11 is 0. The number of likely N-dealkylation sites (N-methyl/N-ethyl adjacent to an activating group) is 1. The lowest BCUT2D eigenvalue weighted by molar-refractivity contribution is -0.132. The van der Waals surface area contributed by atoms with E-state index in [1.807, 2.05) is 4.90 Å². The van der Waals surface area contributed by atoms with Gasteiger partial charge in [0.05, 0.1) is 43.5 Å². The van der Waals surface area contributed by atoms with Gasteiger partial charge in [-0.15, -0.1) is 0 Å². The van der Waals surface area contributed by atoms with Crippen molar-refractivity contribution in [1.29, 1.82) is 0 Å². The Bertz CT molecular complexity index is 827. The van der Waals surface area contributed by atoms with Crippen LogP contribution in [0, 0.1) is 5.41 Å². The molecule has 1 fully saturated rings. The van der Waals surface area contributed by atoms with Crippen LogP contribution < -0.4 is 5.73 Å². The van der Waals surface area contributed by atoms with E-state index in [4.69, 9.17) is 20.3 Å². The zero-order valence-corrected chi connectivity index (χ0v) is 21.2. The van der Waals surface area contributed by atoms with Crippen LogP contribution in [0.25, 0.3) is 0 Å². The molecular weight excluding hydrogens is 437 g/mol. The average molecular weight is 480 g/mol. The number of allylic oxidation sites excluding steroid dienone is 1. The number of carbonyl (C=O) groups is 1. The van der Waals surface area contributed by atoms with Gasteiger partial charge in [-0.25, -0.2) is 4.39 Å². The highest BCUT2D eigenvalue weighted by Crippen LogP contribution is 2.45. The number of nitrogens with two attached hydrogens (primary N) is 1. The molecule has 1 aliphatic heterocycles. The lowest BCUT2D eigenvalue weighted by Crippen LogP contribution is -2.39. The Kier molecular flexibility index (Phi) is 9.65. The minimum Gasteiger partial charge on any atom is -0.384 e. The maximum atomic E-state index is 13.1. The topological polar surface area (TPSA) is 85.9 Å². The van der Waals surface area contributed by atoms with E-state index in [1.165, 1.54) is 5.56 Å². The van der Waals surface area contributed by atoms with Crippen molar-refractivity contribution < 1.29 is 18.7 Å². The standard InChI is InChI=1S/C25H42FN5O3/c1-19(26)5-6-23(32)30-13-14-31-22(16-30)24(21(28-31)15-29(2)12-11-27)20-7-9-25(10-8-20,17-33-3)18-34-4/h20H,1,5-18,27H2,2-4H3. The van der Waals surface area contributed by atoms with Gasteiger partial charge in [-0.1, -0.05) is 6.58 Å². The third-order valence-corrected chi connectivity index (χ3v) is 7.35. The minimum absolute atomic E-state index is 0.0261. The summed E-state index contributed by atoms with van der Waals surface area (Å²) in [5.41, 5.74) is 9.35. The second-order valence-corrected chi connectivity index (χ2v) is 10.0. The smallest absolute Gasteiger partial charge is 0.223 e. The maximum absolute atomic E-state index is 13.1. The van der Waals surface area contributed by atoms with Gasteiger partial charge in [-0.2, -0.15) is 5.10 Å². The van der Waals surface area contributed by atoms with E-state index in [-0.39, 0.29) is 24.2 Å². The van der Waals surface area contributed by atoms with Gasteiger partial charge >= 0.3 is 0 Å². The van der Waals surface area contributed by atoms with Gasteiger partial charge in [0.2, 0.25) is 5.91 Å². The molecule has 3 rings (SSSR count). The third kappa shape index (κ3) is 6.44. The quantitative estimate of drug-likeness (QED) is 0.496. The molecule has 1 aromatic heterocycles. The Morgan fingerprint density at radius 3 is 2.50 bits per heavy atom. The largest absolute Gasteiger partial charge is 0.384 e. The molecule has 2 N–H and O–H groups in total. The first-order valence-corrected chi connectivity index (χ1v) is 12.4. The lowest BCUT2D eigenvalue weighted by Gasteiger charge is -2.40. The molecule has 9 heteroatoms. The van der Waals surface area contributed by atoms with Crippen molar-refractivity contribution in [3.63, 3.8) is 0 Å². The van der Waals surface area contributed by atoms with Gasteiger partial charge < -0.3 is 20.1 Å². The molecule has 2 aliphatic rings. The van der Waals surface area contributed by atoms with Gasteiger partial charge in [0.1, 0.15) is 0 Å². The van der Waals surface area contributed by atoms with E-state index in [2.05, 4.69) is 23.2 Å². The Morgan fingerprint density at radius 1 is 1.24 bits per heavy atom. The van der Waals surface area contributed by atoms with E-state index in [1.54, 1.807) is 14.2 Å². The average Bonchev–Trinajstić information content (AvgIpc) is 3.15. The molecule has 0 atom stereocenters. The molecule has 0 saturated heterocycles. The van der Waals surface area contributed by atoms with Crippen molar-refractivity contribution in [3.05, 3.63) is 29.4 Å². The molecule has 0 unspecified atom stereocenters. The van der Waals surface area contributed by atoms with Crippen LogP contribution in [-0.4, -0.2) is 79.6 Å². The monoisotopic (exact) mass is 479 g/mol. The fourth-order valence-electron chi connectivity index (χ4n) is 5.61. The SMILES string of the molecule is C=C(F)CCC(=O)N1CCn2nc(CN(C)CCN)c(C3CCC(COC)(COC)CC3)c2C1. The van der Waals surface area contributed by atoms with Crippen LogP contribution in [-0.2, 0) is 33.9 Å². The van der Waals surface area contributed by atoms with Gasteiger partial charge in [0.25, 0.3) is 0 Å². The molecule has 0 spiro atoms. The number of carbonyl (C=O) groups excluding carboxylic acids is 1. The lowest BCUT2D eigenvalue weighted by atomic mass is 9.69. The fourth-order valence-corrected chi connectivity index (χ4v) is 5.61. The molecule has 1 aromatic rings. The van der Waals surface area contributed by atoms with Crippen LogP contribution in [0.5, 0.6) is 0 Å². The van der Waals surface area contributed by atoms with E-state index >= 15 is 0 Å². The summed E-state index contributed by atoms with van der Waals surface area (Å²) in [4.78, 5) is 16.8. The second kappa shape index (κ2) is 12.2. The van der Waals surface area contributed by atoms with Crippen LogP contribution >= 0.6 is 0 Å². The highest BCUT2D eigenvalue weighted by atomic mass is 19.1. The van der Waals surface area contributed by atoms with Crippen molar-refractivity contribution in [3.8, 4) is 0 Å². The number of rotatable bonds is 12. The summed E-state index contributed by atoms with van der Waals surface area (Å²) in [5.74, 6) is -0.0893. The number of halogens is 1. The van der Waals surface area contributed by atoms with E-state index in [9.17, 15) is 9.18 Å². The Hall–Kier alpha value is -1.81. The maximum Gasteiger partial charge on any atom is 0.223 e. The summed E-state index contributed by atoms with van der Waals surface area (Å²) in [5, 5.41) is 5.00. The van der Waals surface area contributed by atoms with Crippen molar-refractivity contribution in [1.82, 2.24) is 19.6 Å². The van der Waals surface area contributed by atoms with Crippen molar-refractivity contribution in [2.45, 2.75) is 64.1 Å². The fraction of sp³-hybridized carbons (Fsp3) is 0.760. The molecule has 1 aliphatic carbocycles. The van der Waals surface area contributed by atoms with E-state index < -0.39 is 5.83 Å². The van der Waals surface area contributed by atoms with Gasteiger partial charge in [0, 0.05) is 64.2 Å². The number of ether oxygens (including phenoxy) is 2. The Labute approximate surface area is 203 Å². The first-order chi connectivity index (χ1) is 16.3. The summed E-state index contributed by atoms with van der Waals surface area (Å²) < 4.78 is 26.3. The zero-order valence-electron chi connectivity index (χ0n) is 21.2. The van der Waals surface area contributed by atoms with Crippen molar-refractivity contribution >= 4 is 5.91 Å². The molecule has 8 nitrogen and oxygen atoms in total. The van der Waals surface area contributed by atoms with Gasteiger partial charge in [0.15, 0.2) is 0 Å². The normalized spacial score (nSPS) is 18.4. The Morgan fingerprint density at radius 2 is 1.91 bits per heavy atom. The molecular formula is C25H42FN5O3. The first-order valence-electron chi connectivity index (χ1n) is 12.4. The van der Waals surface area contributed by atoms with E-state index in [0.29, 0.717) is 45.3 Å². The molecule has 192 valence electrons. The van der Waals surface area contributed by atoms with E-state index in [0.717, 1.165) is 50.2 Å². The number of methoxy groups -OCH3 is 2. The van der Waals surface area contributed by atoms with Crippen LogP contribution in [0.3, 0.4) is 0 Å².